The molecule has 6 nitrogen and oxygen atoms in total. The lowest BCUT2D eigenvalue weighted by Gasteiger charge is -2.21. The highest BCUT2D eigenvalue weighted by atomic mass is 16.3. The molecule has 128 valence electrons. The number of carbonyl (C=O) groups excluding carboxylic acids is 2. The summed E-state index contributed by atoms with van der Waals surface area (Å²) in [6, 6.07) is 12.5. The molecule has 25 heavy (non-hydrogen) atoms. The maximum Gasteiger partial charge on any atom is 0.254 e. The smallest absolute Gasteiger partial charge is 0.254 e. The van der Waals surface area contributed by atoms with E-state index >= 15 is 0 Å². The first-order valence-corrected chi connectivity index (χ1v) is 8.27. The highest BCUT2D eigenvalue weighted by Crippen LogP contribution is 2.30. The average Bonchev–Trinajstić information content (AvgIpc) is 3.36. The minimum atomic E-state index is -0.200. The van der Waals surface area contributed by atoms with Crippen molar-refractivity contribution in [1.29, 1.82) is 5.26 Å². The van der Waals surface area contributed by atoms with Gasteiger partial charge in [0.25, 0.3) is 5.91 Å². The molecule has 2 aromatic rings. The van der Waals surface area contributed by atoms with Crippen LogP contribution in [0.25, 0.3) is 0 Å². The maximum atomic E-state index is 12.8. The van der Waals surface area contributed by atoms with E-state index in [1.54, 1.807) is 47.6 Å². The number of amides is 2. The van der Waals surface area contributed by atoms with Gasteiger partial charge in [0.15, 0.2) is 0 Å². The van der Waals surface area contributed by atoms with Gasteiger partial charge < -0.3 is 14.6 Å². The number of nitrogens with zero attached hydrogens (tertiary/aromatic N) is 2. The predicted molar refractivity (Wildman–Crippen MR) is 91.5 cm³/mol. The summed E-state index contributed by atoms with van der Waals surface area (Å²) in [5.41, 5.74) is 1.08. The van der Waals surface area contributed by atoms with Crippen molar-refractivity contribution < 1.29 is 14.0 Å². The molecule has 1 aromatic carbocycles. The number of anilines is 1. The van der Waals surface area contributed by atoms with Crippen molar-refractivity contribution in [3.05, 3.63) is 54.0 Å². The lowest BCUT2D eigenvalue weighted by atomic mass is 10.1. The van der Waals surface area contributed by atoms with Crippen LogP contribution in [0.5, 0.6) is 0 Å². The van der Waals surface area contributed by atoms with Gasteiger partial charge in [0.05, 0.1) is 25.3 Å². The average molecular weight is 337 g/mol. The van der Waals surface area contributed by atoms with Crippen molar-refractivity contribution in [2.45, 2.75) is 25.8 Å². The van der Waals surface area contributed by atoms with Crippen molar-refractivity contribution in [3.63, 3.8) is 0 Å². The van der Waals surface area contributed by atoms with Gasteiger partial charge in [-0.2, -0.15) is 5.26 Å². The molecule has 0 spiro atoms. The number of nitriles is 1. The Kier molecular flexibility index (Phi) is 5.14. The topological polar surface area (TPSA) is 86.3 Å². The number of furan rings is 1. The second-order valence-corrected chi connectivity index (χ2v) is 6.06. The van der Waals surface area contributed by atoms with Crippen LogP contribution in [0.1, 0.15) is 35.4 Å². The van der Waals surface area contributed by atoms with Crippen molar-refractivity contribution in [1.82, 2.24) is 4.90 Å². The van der Waals surface area contributed by atoms with Crippen molar-refractivity contribution in [3.8, 4) is 6.07 Å². The molecular formula is C19H19N3O3. The summed E-state index contributed by atoms with van der Waals surface area (Å²) in [4.78, 5) is 26.3. The van der Waals surface area contributed by atoms with E-state index in [1.165, 1.54) is 0 Å². The molecule has 1 N–H and O–H groups in total. The van der Waals surface area contributed by atoms with Gasteiger partial charge in [-0.15, -0.1) is 0 Å². The van der Waals surface area contributed by atoms with Gasteiger partial charge in [-0.25, -0.2) is 0 Å². The van der Waals surface area contributed by atoms with Crippen molar-refractivity contribution >= 4 is 17.5 Å². The summed E-state index contributed by atoms with van der Waals surface area (Å²) in [7, 11) is 0. The Morgan fingerprint density at radius 2 is 2.12 bits per heavy atom. The highest BCUT2D eigenvalue weighted by molar-refractivity contribution is 5.98. The fraction of sp³-hybridized carbons (Fsp3) is 0.316. The zero-order valence-corrected chi connectivity index (χ0v) is 13.8. The predicted octanol–water partition coefficient (Wildman–Crippen LogP) is 3.18. The zero-order chi connectivity index (χ0) is 17.6. The van der Waals surface area contributed by atoms with Crippen LogP contribution in [-0.4, -0.2) is 23.3 Å². The van der Waals surface area contributed by atoms with Crippen LogP contribution < -0.4 is 5.32 Å². The minimum Gasteiger partial charge on any atom is -0.467 e. The summed E-state index contributed by atoms with van der Waals surface area (Å²) < 4.78 is 5.31. The van der Waals surface area contributed by atoms with E-state index in [1.807, 2.05) is 0 Å². The zero-order valence-electron chi connectivity index (χ0n) is 13.8. The number of hydrogen-bond donors (Lipinski definition) is 1. The molecule has 0 saturated heterocycles. The number of nitrogens with one attached hydrogen (secondary N) is 1. The van der Waals surface area contributed by atoms with E-state index in [2.05, 4.69) is 11.4 Å². The van der Waals surface area contributed by atoms with E-state index in [4.69, 9.17) is 9.68 Å². The summed E-state index contributed by atoms with van der Waals surface area (Å²) in [5.74, 6) is 0.561. The fourth-order valence-corrected chi connectivity index (χ4v) is 2.53. The molecule has 0 radical (unpaired) electrons. The van der Waals surface area contributed by atoms with Gasteiger partial charge in [0, 0.05) is 23.7 Å². The molecule has 1 heterocycles. The Morgan fingerprint density at radius 3 is 2.80 bits per heavy atom. The largest absolute Gasteiger partial charge is 0.467 e. The molecule has 3 rings (SSSR count). The third kappa shape index (κ3) is 4.48. The van der Waals surface area contributed by atoms with Crippen LogP contribution in [0, 0.1) is 17.2 Å². The Balaban J connectivity index is 1.73. The van der Waals surface area contributed by atoms with Crippen LogP contribution in [0.15, 0.2) is 47.1 Å². The Morgan fingerprint density at radius 1 is 1.28 bits per heavy atom. The molecular weight excluding hydrogens is 318 g/mol. The second-order valence-electron chi connectivity index (χ2n) is 6.06. The Hall–Kier alpha value is -3.07. The highest BCUT2D eigenvalue weighted by Gasteiger charge is 2.29. The van der Waals surface area contributed by atoms with E-state index in [0.29, 0.717) is 30.1 Å². The lowest BCUT2D eigenvalue weighted by Crippen LogP contribution is -2.31. The first-order valence-electron chi connectivity index (χ1n) is 8.27. The standard InChI is InChI=1S/C19H19N3O3/c20-9-3-10-22(13-17-6-2-11-25-17)19(24)15-4-1-5-16(12-15)21-18(23)14-7-8-14/h1-2,4-6,11-12,14H,3,7-8,10,13H2,(H,21,23). The van der Waals surface area contributed by atoms with Gasteiger partial charge in [-0.3, -0.25) is 9.59 Å². The molecule has 6 heteroatoms. The summed E-state index contributed by atoms with van der Waals surface area (Å²) >= 11 is 0. The fourth-order valence-electron chi connectivity index (χ4n) is 2.53. The van der Waals surface area contributed by atoms with Crippen LogP contribution in [0.2, 0.25) is 0 Å². The van der Waals surface area contributed by atoms with Crippen LogP contribution in [0.3, 0.4) is 0 Å². The molecule has 1 saturated carbocycles. The van der Waals surface area contributed by atoms with Crippen molar-refractivity contribution in [2.24, 2.45) is 5.92 Å². The third-order valence-electron chi connectivity index (χ3n) is 4.03. The SMILES string of the molecule is N#CCCN(Cc1ccco1)C(=O)c1cccc(NC(=O)C2CC2)c1. The van der Waals surface area contributed by atoms with Gasteiger partial charge in [-0.1, -0.05) is 6.07 Å². The Bertz CT molecular complexity index is 788. The van der Waals surface area contributed by atoms with Gasteiger partial charge >= 0.3 is 0 Å². The van der Waals surface area contributed by atoms with E-state index in [0.717, 1.165) is 12.8 Å². The second kappa shape index (κ2) is 7.67. The van der Waals surface area contributed by atoms with Crippen LogP contribution in [-0.2, 0) is 11.3 Å². The quantitative estimate of drug-likeness (QED) is 0.840. The molecule has 0 unspecified atom stereocenters. The summed E-state index contributed by atoms with van der Waals surface area (Å²) in [5, 5.41) is 11.7. The summed E-state index contributed by atoms with van der Waals surface area (Å²) in [6.45, 7) is 0.612. The molecule has 1 fully saturated rings. The number of hydrogen-bond acceptors (Lipinski definition) is 4. The van der Waals surface area contributed by atoms with E-state index < -0.39 is 0 Å². The molecule has 0 aliphatic heterocycles. The van der Waals surface area contributed by atoms with Gasteiger partial charge in [0.1, 0.15) is 5.76 Å². The Labute approximate surface area is 146 Å². The normalized spacial score (nSPS) is 13.1. The van der Waals surface area contributed by atoms with E-state index in [9.17, 15) is 9.59 Å². The van der Waals surface area contributed by atoms with E-state index in [-0.39, 0.29) is 24.2 Å². The van der Waals surface area contributed by atoms with Crippen LogP contribution in [0.4, 0.5) is 5.69 Å². The maximum absolute atomic E-state index is 12.8. The molecule has 0 bridgehead atoms. The monoisotopic (exact) mass is 337 g/mol. The molecule has 2 amide bonds. The molecule has 0 atom stereocenters. The van der Waals surface area contributed by atoms with Gasteiger partial charge in [-0.05, 0) is 43.2 Å². The number of rotatable bonds is 7. The first-order chi connectivity index (χ1) is 12.2. The van der Waals surface area contributed by atoms with Crippen molar-refractivity contribution in [2.75, 3.05) is 11.9 Å². The van der Waals surface area contributed by atoms with Crippen LogP contribution >= 0.6 is 0 Å². The molecule has 1 aliphatic carbocycles. The number of benzene rings is 1. The first kappa shape index (κ1) is 16.8. The lowest BCUT2D eigenvalue weighted by molar-refractivity contribution is -0.117. The summed E-state index contributed by atoms with van der Waals surface area (Å²) in [6.07, 6.45) is 3.64. The number of carbonyl (C=O) groups is 2. The molecule has 1 aromatic heterocycles. The molecule has 1 aliphatic rings. The van der Waals surface area contributed by atoms with Gasteiger partial charge in [0.2, 0.25) is 5.91 Å². The third-order valence-corrected chi connectivity index (χ3v) is 4.03. The minimum absolute atomic E-state index is 0.00141.